The summed E-state index contributed by atoms with van der Waals surface area (Å²) in [6.45, 7) is 2.22. The summed E-state index contributed by atoms with van der Waals surface area (Å²) in [7, 11) is 1.62. The minimum atomic E-state index is 0.268. The Hall–Kier alpha value is -1.02. The summed E-state index contributed by atoms with van der Waals surface area (Å²) in [6.07, 6.45) is 9.69. The number of unbranched alkanes of at least 4 members (excludes halogenated alkanes) is 6. The number of ketones is 1. The van der Waals surface area contributed by atoms with Crippen LogP contribution in [0.2, 0.25) is 5.02 Å². The van der Waals surface area contributed by atoms with Gasteiger partial charge in [-0.3, -0.25) is 4.79 Å². The third-order valence-electron chi connectivity index (χ3n) is 3.69. The third-order valence-corrected chi connectivity index (χ3v) is 3.92. The maximum atomic E-state index is 12.0. The molecule has 0 amide bonds. The number of ether oxygens (including phenoxy) is 1. The molecule has 0 saturated carbocycles. The van der Waals surface area contributed by atoms with Crippen molar-refractivity contribution in [1.82, 2.24) is 0 Å². The third kappa shape index (κ3) is 7.52. The molecule has 21 heavy (non-hydrogen) atoms. The van der Waals surface area contributed by atoms with E-state index in [0.29, 0.717) is 17.9 Å². The summed E-state index contributed by atoms with van der Waals surface area (Å²) >= 11 is 5.98. The highest BCUT2D eigenvalue weighted by Crippen LogP contribution is 2.23. The number of halogens is 1. The lowest BCUT2D eigenvalue weighted by atomic mass is 10.0. The fourth-order valence-electron chi connectivity index (χ4n) is 2.47. The van der Waals surface area contributed by atoms with Crippen LogP contribution in [-0.2, 0) is 11.2 Å². The van der Waals surface area contributed by atoms with Gasteiger partial charge >= 0.3 is 0 Å². The minimum Gasteiger partial charge on any atom is -0.496 e. The zero-order valence-electron chi connectivity index (χ0n) is 13.3. The van der Waals surface area contributed by atoms with E-state index in [1.54, 1.807) is 13.2 Å². The highest BCUT2D eigenvalue weighted by Gasteiger charge is 2.09. The number of benzene rings is 1. The molecule has 0 aliphatic rings. The second kappa shape index (κ2) is 10.7. The maximum Gasteiger partial charge on any atom is 0.137 e. The minimum absolute atomic E-state index is 0.268. The van der Waals surface area contributed by atoms with Gasteiger partial charge in [-0.05, 0) is 24.6 Å². The Morgan fingerprint density at radius 1 is 1.10 bits per heavy atom. The molecule has 0 radical (unpaired) electrons. The molecule has 1 rings (SSSR count). The highest BCUT2D eigenvalue weighted by atomic mass is 35.5. The number of methoxy groups -OCH3 is 1. The molecular formula is C18H27ClO2. The Bertz CT molecular complexity index is 429. The van der Waals surface area contributed by atoms with Gasteiger partial charge in [0.2, 0.25) is 0 Å². The topological polar surface area (TPSA) is 26.3 Å². The lowest BCUT2D eigenvalue weighted by Gasteiger charge is -2.08. The van der Waals surface area contributed by atoms with Crippen LogP contribution in [0.15, 0.2) is 18.2 Å². The summed E-state index contributed by atoms with van der Waals surface area (Å²) in [4.78, 5) is 12.0. The Labute approximate surface area is 133 Å². The molecule has 0 spiro atoms. The predicted octanol–water partition coefficient (Wildman–Crippen LogP) is 5.60. The lowest BCUT2D eigenvalue weighted by molar-refractivity contribution is -0.118. The molecular weight excluding hydrogens is 284 g/mol. The van der Waals surface area contributed by atoms with Crippen molar-refractivity contribution in [3.8, 4) is 5.75 Å². The molecule has 0 bridgehead atoms. The van der Waals surface area contributed by atoms with Gasteiger partial charge in [0.1, 0.15) is 11.5 Å². The van der Waals surface area contributed by atoms with Crippen molar-refractivity contribution in [1.29, 1.82) is 0 Å². The first kappa shape index (κ1) is 18.0. The number of hydrogen-bond donors (Lipinski definition) is 0. The monoisotopic (exact) mass is 310 g/mol. The van der Waals surface area contributed by atoms with Gasteiger partial charge in [-0.2, -0.15) is 0 Å². The van der Waals surface area contributed by atoms with Gasteiger partial charge in [-0.1, -0.05) is 57.0 Å². The van der Waals surface area contributed by atoms with Gasteiger partial charge in [0, 0.05) is 23.4 Å². The lowest BCUT2D eigenvalue weighted by Crippen LogP contribution is -2.04. The predicted molar refractivity (Wildman–Crippen MR) is 89.3 cm³/mol. The smallest absolute Gasteiger partial charge is 0.137 e. The molecule has 0 unspecified atom stereocenters. The standard InChI is InChI=1S/C18H27ClO2/c1-3-4-5-6-7-8-9-10-17(20)14-15-13-16(19)11-12-18(15)21-2/h11-13H,3-10,14H2,1-2H3. The van der Waals surface area contributed by atoms with Crippen LogP contribution in [0.1, 0.15) is 63.9 Å². The molecule has 1 aromatic carbocycles. The van der Waals surface area contributed by atoms with Crippen molar-refractivity contribution in [2.24, 2.45) is 0 Å². The van der Waals surface area contributed by atoms with Crippen LogP contribution in [0.25, 0.3) is 0 Å². The van der Waals surface area contributed by atoms with Crippen LogP contribution in [0.4, 0.5) is 0 Å². The first-order chi connectivity index (χ1) is 10.2. The molecule has 0 N–H and O–H groups in total. The Kier molecular flexibility index (Phi) is 9.16. The second-order valence-corrected chi connectivity index (χ2v) is 5.98. The molecule has 0 aliphatic carbocycles. The quantitative estimate of drug-likeness (QED) is 0.497. The van der Waals surface area contributed by atoms with E-state index in [0.717, 1.165) is 24.2 Å². The normalized spacial score (nSPS) is 10.6. The van der Waals surface area contributed by atoms with E-state index < -0.39 is 0 Å². The fourth-order valence-corrected chi connectivity index (χ4v) is 2.66. The zero-order valence-corrected chi connectivity index (χ0v) is 14.0. The molecule has 0 aromatic heterocycles. The first-order valence-corrected chi connectivity index (χ1v) is 8.39. The van der Waals surface area contributed by atoms with Crippen LogP contribution >= 0.6 is 11.6 Å². The van der Waals surface area contributed by atoms with E-state index in [-0.39, 0.29) is 5.78 Å². The average Bonchev–Trinajstić information content (AvgIpc) is 2.46. The average molecular weight is 311 g/mol. The van der Waals surface area contributed by atoms with E-state index in [1.165, 1.54) is 32.1 Å². The van der Waals surface area contributed by atoms with Gasteiger partial charge < -0.3 is 4.74 Å². The number of Topliss-reactive ketones (excluding diaryl/α,β-unsaturated/α-hetero) is 1. The molecule has 0 fully saturated rings. The van der Waals surface area contributed by atoms with Crippen molar-refractivity contribution in [2.45, 2.75) is 64.7 Å². The summed E-state index contributed by atoms with van der Waals surface area (Å²) in [6, 6.07) is 5.42. The van der Waals surface area contributed by atoms with Crippen LogP contribution < -0.4 is 4.74 Å². The largest absolute Gasteiger partial charge is 0.496 e. The van der Waals surface area contributed by atoms with Gasteiger partial charge in [0.15, 0.2) is 0 Å². The van der Waals surface area contributed by atoms with Gasteiger partial charge in [0.05, 0.1) is 7.11 Å². The number of carbonyl (C=O) groups excluding carboxylic acids is 1. The van der Waals surface area contributed by atoms with E-state index in [2.05, 4.69) is 6.92 Å². The molecule has 0 atom stereocenters. The van der Waals surface area contributed by atoms with Crippen LogP contribution in [-0.4, -0.2) is 12.9 Å². The molecule has 118 valence electrons. The van der Waals surface area contributed by atoms with Crippen molar-refractivity contribution < 1.29 is 9.53 Å². The van der Waals surface area contributed by atoms with E-state index in [9.17, 15) is 4.79 Å². The summed E-state index contributed by atoms with van der Waals surface area (Å²) in [5.41, 5.74) is 0.887. The Morgan fingerprint density at radius 2 is 1.76 bits per heavy atom. The van der Waals surface area contributed by atoms with Gasteiger partial charge in [0.25, 0.3) is 0 Å². The number of carbonyl (C=O) groups is 1. The van der Waals surface area contributed by atoms with E-state index in [4.69, 9.17) is 16.3 Å². The summed E-state index contributed by atoms with van der Waals surface area (Å²) in [5, 5.41) is 0.648. The SMILES string of the molecule is CCCCCCCCCC(=O)Cc1cc(Cl)ccc1OC. The van der Waals surface area contributed by atoms with Crippen molar-refractivity contribution in [3.05, 3.63) is 28.8 Å². The van der Waals surface area contributed by atoms with Crippen molar-refractivity contribution in [3.63, 3.8) is 0 Å². The molecule has 0 heterocycles. The van der Waals surface area contributed by atoms with Gasteiger partial charge in [-0.25, -0.2) is 0 Å². The van der Waals surface area contributed by atoms with Crippen molar-refractivity contribution in [2.75, 3.05) is 7.11 Å². The van der Waals surface area contributed by atoms with E-state index in [1.807, 2.05) is 12.1 Å². The summed E-state index contributed by atoms with van der Waals surface area (Å²) < 4.78 is 5.27. The first-order valence-electron chi connectivity index (χ1n) is 8.01. The molecule has 0 saturated heterocycles. The Morgan fingerprint density at radius 3 is 2.43 bits per heavy atom. The van der Waals surface area contributed by atoms with Gasteiger partial charge in [-0.15, -0.1) is 0 Å². The molecule has 0 aliphatic heterocycles. The maximum absolute atomic E-state index is 12.0. The molecule has 3 heteroatoms. The highest BCUT2D eigenvalue weighted by molar-refractivity contribution is 6.30. The number of rotatable bonds is 11. The molecule has 1 aromatic rings. The van der Waals surface area contributed by atoms with Crippen LogP contribution in [0.5, 0.6) is 5.75 Å². The zero-order chi connectivity index (χ0) is 15.5. The van der Waals surface area contributed by atoms with Crippen LogP contribution in [0, 0.1) is 0 Å². The van der Waals surface area contributed by atoms with Crippen molar-refractivity contribution >= 4 is 17.4 Å². The summed E-state index contributed by atoms with van der Waals surface area (Å²) in [5.74, 6) is 1.01. The van der Waals surface area contributed by atoms with E-state index >= 15 is 0 Å². The molecule has 2 nitrogen and oxygen atoms in total. The Balaban J connectivity index is 2.26. The number of hydrogen-bond acceptors (Lipinski definition) is 2. The second-order valence-electron chi connectivity index (χ2n) is 5.54. The van der Waals surface area contributed by atoms with Crippen LogP contribution in [0.3, 0.4) is 0 Å². The fraction of sp³-hybridized carbons (Fsp3) is 0.611.